The van der Waals surface area contributed by atoms with E-state index in [9.17, 15) is 9.59 Å². The average molecular weight is 374 g/mol. The zero-order chi connectivity index (χ0) is 19.0. The summed E-state index contributed by atoms with van der Waals surface area (Å²) in [5.41, 5.74) is 0.700. The van der Waals surface area contributed by atoms with Crippen molar-refractivity contribution in [3.8, 4) is 0 Å². The number of carbonyl (C=O) groups is 1. The molecule has 0 saturated heterocycles. The molecule has 0 N–H and O–H groups in total. The van der Waals surface area contributed by atoms with Crippen molar-refractivity contribution in [3.63, 3.8) is 0 Å². The summed E-state index contributed by atoms with van der Waals surface area (Å²) in [6.45, 7) is 10.0. The molecule has 0 radical (unpaired) electrons. The lowest BCUT2D eigenvalue weighted by atomic mass is 10.2. The van der Waals surface area contributed by atoms with Crippen molar-refractivity contribution in [2.45, 2.75) is 76.0 Å². The van der Waals surface area contributed by atoms with Crippen molar-refractivity contribution < 1.29 is 4.79 Å². The Hall–Kier alpha value is -1.82. The summed E-state index contributed by atoms with van der Waals surface area (Å²) < 4.78 is 1.80. The fourth-order valence-electron chi connectivity index (χ4n) is 3.39. The molecule has 1 amide bonds. The molecule has 3 rings (SSSR count). The van der Waals surface area contributed by atoms with E-state index in [-0.39, 0.29) is 34.8 Å². The first-order valence-electron chi connectivity index (χ1n) is 9.31. The molecule has 5 nitrogen and oxygen atoms in total. The number of nitrogens with zero attached hydrogens (tertiary/aromatic N) is 3. The van der Waals surface area contributed by atoms with E-state index in [2.05, 4.69) is 0 Å². The molecule has 0 unspecified atom stereocenters. The maximum absolute atomic E-state index is 13.0. The second kappa shape index (κ2) is 7.43. The van der Waals surface area contributed by atoms with E-state index in [1.54, 1.807) is 4.57 Å². The Morgan fingerprint density at radius 2 is 1.77 bits per heavy atom. The van der Waals surface area contributed by atoms with Crippen molar-refractivity contribution in [2.75, 3.05) is 0 Å². The van der Waals surface area contributed by atoms with Gasteiger partial charge in [0.05, 0.1) is 16.2 Å². The molecule has 1 fully saturated rings. The number of rotatable bonds is 6. The molecule has 1 aliphatic carbocycles. The third-order valence-corrected chi connectivity index (χ3v) is 5.74. The number of carbonyl (C=O) groups excluding carboxylic acids is 1. The van der Waals surface area contributed by atoms with E-state index in [0.29, 0.717) is 16.1 Å². The number of hydrogen-bond acceptors (Lipinski definition) is 4. The molecule has 26 heavy (non-hydrogen) atoms. The van der Waals surface area contributed by atoms with Gasteiger partial charge >= 0.3 is 0 Å². The molecular weight excluding hydrogens is 346 g/mol. The van der Waals surface area contributed by atoms with Crippen LogP contribution in [0.1, 0.15) is 53.5 Å². The third-order valence-electron chi connectivity index (χ3n) is 4.68. The summed E-state index contributed by atoms with van der Waals surface area (Å²) in [5.74, 6) is 0.0877. The molecular formula is C20H27N3O2S. The van der Waals surface area contributed by atoms with Crippen LogP contribution in [-0.4, -0.2) is 37.7 Å². The van der Waals surface area contributed by atoms with E-state index in [1.807, 2.05) is 63.8 Å². The van der Waals surface area contributed by atoms with Gasteiger partial charge in [-0.15, -0.1) is 0 Å². The number of fused-ring (bicyclic) bond motifs is 1. The van der Waals surface area contributed by atoms with Gasteiger partial charge in [-0.3, -0.25) is 14.2 Å². The van der Waals surface area contributed by atoms with Crippen LogP contribution in [0.3, 0.4) is 0 Å². The van der Waals surface area contributed by atoms with Crippen LogP contribution in [0.4, 0.5) is 0 Å². The van der Waals surface area contributed by atoms with Crippen molar-refractivity contribution >= 4 is 28.6 Å². The number of para-hydroxylation sites is 1. The van der Waals surface area contributed by atoms with Crippen LogP contribution in [0.25, 0.3) is 10.9 Å². The third kappa shape index (κ3) is 3.65. The zero-order valence-corrected chi connectivity index (χ0v) is 16.9. The fourth-order valence-corrected chi connectivity index (χ4v) is 4.42. The summed E-state index contributed by atoms with van der Waals surface area (Å²) in [4.78, 5) is 32.5. The fraction of sp³-hybridized carbons (Fsp3) is 0.550. The predicted molar refractivity (Wildman–Crippen MR) is 107 cm³/mol. The Morgan fingerprint density at radius 3 is 2.35 bits per heavy atom. The molecule has 1 atom stereocenters. The highest BCUT2D eigenvalue weighted by Crippen LogP contribution is 2.37. The van der Waals surface area contributed by atoms with Crippen LogP contribution in [0.15, 0.2) is 34.2 Å². The Labute approximate surface area is 158 Å². The molecule has 6 heteroatoms. The second-order valence-corrected chi connectivity index (χ2v) is 8.82. The van der Waals surface area contributed by atoms with Gasteiger partial charge < -0.3 is 4.90 Å². The van der Waals surface area contributed by atoms with Gasteiger partial charge in [0.1, 0.15) is 0 Å². The van der Waals surface area contributed by atoms with Gasteiger partial charge in [0.2, 0.25) is 5.91 Å². The molecule has 1 aromatic heterocycles. The maximum atomic E-state index is 13.0. The van der Waals surface area contributed by atoms with Crippen LogP contribution in [0.2, 0.25) is 0 Å². The molecule has 1 aliphatic rings. The minimum absolute atomic E-state index is 0.00447. The SMILES string of the molecule is CC(C)N(C(=O)[C@H](C)Sc1nc2ccccc2c(=O)n1C1CC1)C(C)C. The molecule has 1 saturated carbocycles. The summed E-state index contributed by atoms with van der Waals surface area (Å²) in [6.07, 6.45) is 2.00. The largest absolute Gasteiger partial charge is 0.337 e. The Balaban J connectivity index is 1.96. The van der Waals surface area contributed by atoms with Gasteiger partial charge in [0.15, 0.2) is 5.16 Å². The molecule has 1 aromatic carbocycles. The molecule has 0 spiro atoms. The Morgan fingerprint density at radius 1 is 1.15 bits per heavy atom. The lowest BCUT2D eigenvalue weighted by molar-refractivity contribution is -0.133. The molecule has 0 aliphatic heterocycles. The molecule has 140 valence electrons. The van der Waals surface area contributed by atoms with Crippen molar-refractivity contribution in [3.05, 3.63) is 34.6 Å². The van der Waals surface area contributed by atoms with Crippen LogP contribution < -0.4 is 5.56 Å². The average Bonchev–Trinajstić information content (AvgIpc) is 3.39. The molecule has 0 bridgehead atoms. The number of hydrogen-bond donors (Lipinski definition) is 0. The summed E-state index contributed by atoms with van der Waals surface area (Å²) in [7, 11) is 0. The lowest BCUT2D eigenvalue weighted by Crippen LogP contribution is -2.45. The number of thioether (sulfide) groups is 1. The number of aromatic nitrogens is 2. The molecule has 1 heterocycles. The van der Waals surface area contributed by atoms with Crippen LogP contribution in [-0.2, 0) is 4.79 Å². The van der Waals surface area contributed by atoms with E-state index in [0.717, 1.165) is 12.8 Å². The topological polar surface area (TPSA) is 55.2 Å². The monoisotopic (exact) mass is 373 g/mol. The first kappa shape index (κ1) is 19.0. The van der Waals surface area contributed by atoms with Gasteiger partial charge in [-0.05, 0) is 59.6 Å². The van der Waals surface area contributed by atoms with Gasteiger partial charge in [-0.2, -0.15) is 0 Å². The smallest absolute Gasteiger partial charge is 0.262 e. The van der Waals surface area contributed by atoms with E-state index >= 15 is 0 Å². The van der Waals surface area contributed by atoms with Crippen LogP contribution in [0, 0.1) is 0 Å². The minimum Gasteiger partial charge on any atom is -0.337 e. The van der Waals surface area contributed by atoms with Gasteiger partial charge in [-0.25, -0.2) is 4.98 Å². The quantitative estimate of drug-likeness (QED) is 0.570. The van der Waals surface area contributed by atoms with Gasteiger partial charge in [0.25, 0.3) is 5.56 Å². The molecule has 2 aromatic rings. The summed E-state index contributed by atoms with van der Waals surface area (Å²) in [6, 6.07) is 7.94. The maximum Gasteiger partial charge on any atom is 0.262 e. The highest BCUT2D eigenvalue weighted by atomic mass is 32.2. The highest BCUT2D eigenvalue weighted by molar-refractivity contribution is 8.00. The zero-order valence-electron chi connectivity index (χ0n) is 16.1. The van der Waals surface area contributed by atoms with Gasteiger partial charge in [-0.1, -0.05) is 23.9 Å². The first-order chi connectivity index (χ1) is 12.3. The van der Waals surface area contributed by atoms with E-state index in [4.69, 9.17) is 4.98 Å². The summed E-state index contributed by atoms with van der Waals surface area (Å²) in [5, 5.41) is 1.01. The number of benzene rings is 1. The van der Waals surface area contributed by atoms with E-state index < -0.39 is 0 Å². The second-order valence-electron chi connectivity index (χ2n) is 7.51. The normalized spacial score (nSPS) is 15.7. The van der Waals surface area contributed by atoms with Crippen molar-refractivity contribution in [1.29, 1.82) is 0 Å². The van der Waals surface area contributed by atoms with Gasteiger partial charge in [0, 0.05) is 18.1 Å². The van der Waals surface area contributed by atoms with Crippen LogP contribution in [0.5, 0.6) is 0 Å². The predicted octanol–water partition coefficient (Wildman–Crippen LogP) is 3.86. The minimum atomic E-state index is -0.294. The van der Waals surface area contributed by atoms with Crippen molar-refractivity contribution in [2.24, 2.45) is 0 Å². The standard InChI is InChI=1S/C20H27N3O2S/c1-12(2)22(13(3)4)18(24)14(5)26-20-21-17-9-7-6-8-16(17)19(25)23(20)15-10-11-15/h6-9,12-15H,10-11H2,1-5H3/t14-/m0/s1. The summed E-state index contributed by atoms with van der Waals surface area (Å²) >= 11 is 1.40. The Kier molecular flexibility index (Phi) is 5.42. The lowest BCUT2D eigenvalue weighted by Gasteiger charge is -2.33. The van der Waals surface area contributed by atoms with Crippen molar-refractivity contribution in [1.82, 2.24) is 14.5 Å². The Bertz CT molecular complexity index is 863. The highest BCUT2D eigenvalue weighted by Gasteiger charge is 2.31. The van der Waals surface area contributed by atoms with Crippen LogP contribution >= 0.6 is 11.8 Å². The first-order valence-corrected chi connectivity index (χ1v) is 10.2. The van der Waals surface area contributed by atoms with E-state index in [1.165, 1.54) is 11.8 Å². The number of amides is 1.